The van der Waals surface area contributed by atoms with E-state index in [-0.39, 0.29) is 24.5 Å². The molecular formula is C17H20NO2. The van der Waals surface area contributed by atoms with E-state index in [0.717, 1.165) is 16.3 Å². The summed E-state index contributed by atoms with van der Waals surface area (Å²) in [5.74, 6) is -0.311. The highest BCUT2D eigenvalue weighted by Gasteiger charge is 2.16. The normalized spacial score (nSPS) is 13.9. The van der Waals surface area contributed by atoms with Crippen molar-refractivity contribution >= 4 is 16.7 Å². The molecule has 2 rings (SSSR count). The highest BCUT2D eigenvalue weighted by molar-refractivity contribution is 5.88. The number of aliphatic hydroxyl groups excluding tert-OH is 1. The van der Waals surface area contributed by atoms with E-state index >= 15 is 0 Å². The Morgan fingerprint density at radius 1 is 1.20 bits per heavy atom. The van der Waals surface area contributed by atoms with Crippen LogP contribution in [0.2, 0.25) is 0 Å². The van der Waals surface area contributed by atoms with Gasteiger partial charge in [-0.1, -0.05) is 49.4 Å². The molecule has 3 heteroatoms. The first-order chi connectivity index (χ1) is 9.61. The van der Waals surface area contributed by atoms with Crippen molar-refractivity contribution in [3.05, 3.63) is 54.4 Å². The molecule has 20 heavy (non-hydrogen) atoms. The van der Waals surface area contributed by atoms with Gasteiger partial charge in [-0.3, -0.25) is 4.79 Å². The zero-order valence-corrected chi connectivity index (χ0v) is 11.8. The SMILES string of the molecule is CC(CO)NC(=O)C(C)[CH]c1cccc2ccccc12. The van der Waals surface area contributed by atoms with Crippen LogP contribution in [0.1, 0.15) is 19.4 Å². The fourth-order valence-electron chi connectivity index (χ4n) is 2.16. The molecule has 1 radical (unpaired) electrons. The Bertz CT molecular complexity index is 589. The maximum Gasteiger partial charge on any atom is 0.223 e. The summed E-state index contributed by atoms with van der Waals surface area (Å²) in [7, 11) is 0. The average Bonchev–Trinajstić information content (AvgIpc) is 2.47. The van der Waals surface area contributed by atoms with Gasteiger partial charge >= 0.3 is 0 Å². The summed E-state index contributed by atoms with van der Waals surface area (Å²) in [5, 5.41) is 14.1. The molecule has 0 aliphatic carbocycles. The van der Waals surface area contributed by atoms with Gasteiger partial charge in [0.2, 0.25) is 5.91 Å². The van der Waals surface area contributed by atoms with Crippen LogP contribution in [-0.2, 0) is 4.79 Å². The van der Waals surface area contributed by atoms with Crippen LogP contribution in [0.25, 0.3) is 10.8 Å². The zero-order chi connectivity index (χ0) is 14.5. The van der Waals surface area contributed by atoms with Crippen molar-refractivity contribution in [2.24, 2.45) is 5.92 Å². The summed E-state index contributed by atoms with van der Waals surface area (Å²) in [6.07, 6.45) is 1.96. The number of aliphatic hydroxyl groups is 1. The van der Waals surface area contributed by atoms with Crippen LogP contribution < -0.4 is 5.32 Å². The first-order valence-corrected chi connectivity index (χ1v) is 6.85. The second-order valence-electron chi connectivity index (χ2n) is 5.12. The lowest BCUT2D eigenvalue weighted by atomic mass is 9.95. The molecule has 2 aromatic carbocycles. The fourth-order valence-corrected chi connectivity index (χ4v) is 2.16. The predicted molar refractivity (Wildman–Crippen MR) is 81.2 cm³/mol. The fraction of sp³-hybridized carbons (Fsp3) is 0.294. The molecule has 0 heterocycles. The number of benzene rings is 2. The maximum absolute atomic E-state index is 12.0. The van der Waals surface area contributed by atoms with E-state index in [9.17, 15) is 4.79 Å². The summed E-state index contributed by atoms with van der Waals surface area (Å²) in [6.45, 7) is 3.59. The lowest BCUT2D eigenvalue weighted by Crippen LogP contribution is -2.38. The summed E-state index contributed by atoms with van der Waals surface area (Å²) < 4.78 is 0. The van der Waals surface area contributed by atoms with Crippen molar-refractivity contribution in [1.29, 1.82) is 0 Å². The average molecular weight is 270 g/mol. The van der Waals surface area contributed by atoms with Gasteiger partial charge in [0.25, 0.3) is 0 Å². The molecular weight excluding hydrogens is 250 g/mol. The molecule has 0 aliphatic rings. The van der Waals surface area contributed by atoms with Crippen molar-refractivity contribution in [2.45, 2.75) is 19.9 Å². The van der Waals surface area contributed by atoms with Crippen LogP contribution in [0.4, 0.5) is 0 Å². The Labute approximate surface area is 119 Å². The van der Waals surface area contributed by atoms with Crippen molar-refractivity contribution in [3.63, 3.8) is 0 Å². The van der Waals surface area contributed by atoms with E-state index < -0.39 is 0 Å². The molecule has 0 fully saturated rings. The molecule has 105 valence electrons. The highest BCUT2D eigenvalue weighted by atomic mass is 16.3. The number of fused-ring (bicyclic) bond motifs is 1. The van der Waals surface area contributed by atoms with Gasteiger partial charge < -0.3 is 10.4 Å². The summed E-state index contributed by atoms with van der Waals surface area (Å²) in [6, 6.07) is 14.0. The minimum atomic E-state index is -0.241. The molecule has 2 N–H and O–H groups in total. The number of carbonyl (C=O) groups excluding carboxylic acids is 1. The Morgan fingerprint density at radius 3 is 2.65 bits per heavy atom. The van der Waals surface area contributed by atoms with Gasteiger partial charge in [-0.05, 0) is 23.3 Å². The Morgan fingerprint density at radius 2 is 1.90 bits per heavy atom. The summed E-state index contributed by atoms with van der Waals surface area (Å²) in [5.41, 5.74) is 1.06. The molecule has 0 aliphatic heterocycles. The van der Waals surface area contributed by atoms with E-state index in [1.165, 1.54) is 0 Å². The lowest BCUT2D eigenvalue weighted by molar-refractivity contribution is -0.124. The summed E-state index contributed by atoms with van der Waals surface area (Å²) in [4.78, 5) is 12.0. The van der Waals surface area contributed by atoms with E-state index in [1.807, 2.05) is 37.6 Å². The van der Waals surface area contributed by atoms with Crippen LogP contribution in [0, 0.1) is 12.3 Å². The molecule has 3 nitrogen and oxygen atoms in total. The molecule has 0 saturated heterocycles. The van der Waals surface area contributed by atoms with Gasteiger partial charge in [0.05, 0.1) is 6.61 Å². The highest BCUT2D eigenvalue weighted by Crippen LogP contribution is 2.22. The number of rotatable bonds is 5. The van der Waals surface area contributed by atoms with Crippen molar-refractivity contribution in [2.75, 3.05) is 6.61 Å². The standard InChI is InChI=1S/C17H20NO2/c1-12(17(20)18-13(2)11-19)10-15-8-5-7-14-6-3-4-9-16(14)15/h3-10,12-13,19H,11H2,1-2H3,(H,18,20). The second-order valence-corrected chi connectivity index (χ2v) is 5.12. The third-order valence-electron chi connectivity index (χ3n) is 3.33. The largest absolute Gasteiger partial charge is 0.394 e. The van der Waals surface area contributed by atoms with Crippen molar-refractivity contribution in [3.8, 4) is 0 Å². The van der Waals surface area contributed by atoms with Gasteiger partial charge in [0, 0.05) is 18.4 Å². The number of amides is 1. The van der Waals surface area contributed by atoms with E-state index in [2.05, 4.69) is 23.5 Å². The van der Waals surface area contributed by atoms with Gasteiger partial charge in [-0.15, -0.1) is 0 Å². The van der Waals surface area contributed by atoms with Crippen LogP contribution in [0.5, 0.6) is 0 Å². The van der Waals surface area contributed by atoms with Gasteiger partial charge in [0.15, 0.2) is 0 Å². The van der Waals surface area contributed by atoms with Gasteiger partial charge in [0.1, 0.15) is 0 Å². The molecule has 1 amide bonds. The van der Waals surface area contributed by atoms with Crippen molar-refractivity contribution < 1.29 is 9.90 Å². The van der Waals surface area contributed by atoms with E-state index in [4.69, 9.17) is 5.11 Å². The quantitative estimate of drug-likeness (QED) is 0.877. The van der Waals surface area contributed by atoms with Crippen LogP contribution >= 0.6 is 0 Å². The first-order valence-electron chi connectivity index (χ1n) is 6.85. The van der Waals surface area contributed by atoms with Gasteiger partial charge in [-0.2, -0.15) is 0 Å². The Balaban J connectivity index is 2.14. The zero-order valence-electron chi connectivity index (χ0n) is 11.8. The minimum absolute atomic E-state index is 0.0489. The predicted octanol–water partition coefficient (Wildman–Crippen LogP) is 2.53. The maximum atomic E-state index is 12.0. The number of nitrogens with one attached hydrogen (secondary N) is 1. The number of hydrogen-bond donors (Lipinski definition) is 2. The minimum Gasteiger partial charge on any atom is -0.394 e. The topological polar surface area (TPSA) is 49.3 Å². The van der Waals surface area contributed by atoms with Crippen molar-refractivity contribution in [1.82, 2.24) is 5.32 Å². The van der Waals surface area contributed by atoms with E-state index in [1.54, 1.807) is 6.92 Å². The number of hydrogen-bond acceptors (Lipinski definition) is 2. The monoisotopic (exact) mass is 270 g/mol. The molecule has 0 aromatic heterocycles. The third kappa shape index (κ3) is 3.36. The molecule has 0 spiro atoms. The summed E-state index contributed by atoms with van der Waals surface area (Å²) >= 11 is 0. The van der Waals surface area contributed by atoms with Crippen LogP contribution in [0.15, 0.2) is 42.5 Å². The van der Waals surface area contributed by atoms with Gasteiger partial charge in [-0.25, -0.2) is 0 Å². The Hall–Kier alpha value is -1.87. The molecule has 2 unspecified atom stereocenters. The Kier molecular flexibility index (Phi) is 4.74. The lowest BCUT2D eigenvalue weighted by Gasteiger charge is -2.16. The number of carbonyl (C=O) groups is 1. The molecule has 0 bridgehead atoms. The molecule has 0 saturated carbocycles. The van der Waals surface area contributed by atoms with E-state index in [0.29, 0.717) is 0 Å². The smallest absolute Gasteiger partial charge is 0.223 e. The second kappa shape index (κ2) is 6.53. The van der Waals surface area contributed by atoms with Crippen LogP contribution in [0.3, 0.4) is 0 Å². The van der Waals surface area contributed by atoms with Crippen LogP contribution in [-0.4, -0.2) is 23.7 Å². The first kappa shape index (κ1) is 14.5. The molecule has 2 aromatic rings. The third-order valence-corrected chi connectivity index (χ3v) is 3.33. The molecule has 2 atom stereocenters.